The number of nitrogens with one attached hydrogen (secondary N) is 1. The summed E-state index contributed by atoms with van der Waals surface area (Å²) in [6.07, 6.45) is 2.91. The number of carbonyl (C=O) groups is 3. The molecule has 1 unspecified atom stereocenters. The zero-order chi connectivity index (χ0) is 22.4. The van der Waals surface area contributed by atoms with Gasteiger partial charge in [-0.25, -0.2) is 0 Å². The number of nitrogens with zero attached hydrogens (tertiary/aromatic N) is 2. The van der Waals surface area contributed by atoms with Crippen LogP contribution in [0.25, 0.3) is 0 Å². The molecule has 1 aliphatic heterocycles. The van der Waals surface area contributed by atoms with Crippen molar-refractivity contribution in [3.63, 3.8) is 0 Å². The van der Waals surface area contributed by atoms with Crippen LogP contribution >= 0.6 is 11.8 Å². The number of aryl methyl sites for hydroxylation is 1. The van der Waals surface area contributed by atoms with Crippen LogP contribution in [-0.4, -0.2) is 48.5 Å². The fraction of sp³-hybridized carbons (Fsp3) is 0.375. The molecule has 0 radical (unpaired) electrons. The third kappa shape index (κ3) is 5.67. The van der Waals surface area contributed by atoms with Crippen molar-refractivity contribution >= 4 is 40.9 Å². The minimum atomic E-state index is -0.439. The Labute approximate surface area is 188 Å². The lowest BCUT2D eigenvalue weighted by Gasteiger charge is -2.25. The van der Waals surface area contributed by atoms with Gasteiger partial charge in [-0.05, 0) is 55.5 Å². The van der Waals surface area contributed by atoms with E-state index in [0.29, 0.717) is 13.1 Å². The van der Waals surface area contributed by atoms with Crippen molar-refractivity contribution in [2.45, 2.75) is 31.6 Å². The van der Waals surface area contributed by atoms with Crippen LogP contribution in [0.3, 0.4) is 0 Å². The molecule has 7 heteroatoms. The van der Waals surface area contributed by atoms with Crippen molar-refractivity contribution in [2.24, 2.45) is 5.92 Å². The van der Waals surface area contributed by atoms with Crippen molar-refractivity contribution in [3.05, 3.63) is 54.1 Å². The molecule has 31 heavy (non-hydrogen) atoms. The fourth-order valence-electron chi connectivity index (χ4n) is 3.76. The summed E-state index contributed by atoms with van der Waals surface area (Å²) in [5.41, 5.74) is 2.51. The summed E-state index contributed by atoms with van der Waals surface area (Å²) in [6, 6.07) is 15.3. The minimum Gasteiger partial charge on any atom is -0.333 e. The number of amides is 3. The molecular formula is C24H29N3O3S. The molecule has 0 aliphatic carbocycles. The molecule has 3 rings (SSSR count). The zero-order valence-corrected chi connectivity index (χ0v) is 19.1. The molecule has 0 spiro atoms. The van der Waals surface area contributed by atoms with Gasteiger partial charge in [-0.1, -0.05) is 25.1 Å². The van der Waals surface area contributed by atoms with Gasteiger partial charge in [0, 0.05) is 35.8 Å². The Morgan fingerprint density at radius 3 is 2.52 bits per heavy atom. The van der Waals surface area contributed by atoms with Gasteiger partial charge < -0.3 is 15.1 Å². The first kappa shape index (κ1) is 22.9. The first-order chi connectivity index (χ1) is 14.9. The Balaban J connectivity index is 1.66. The maximum atomic E-state index is 13.2. The maximum Gasteiger partial charge on any atom is 0.244 e. The van der Waals surface area contributed by atoms with Crippen molar-refractivity contribution < 1.29 is 14.4 Å². The van der Waals surface area contributed by atoms with Crippen molar-refractivity contribution in [1.82, 2.24) is 4.90 Å². The van der Waals surface area contributed by atoms with Crippen LogP contribution in [0.5, 0.6) is 0 Å². The van der Waals surface area contributed by atoms with E-state index in [1.165, 1.54) is 0 Å². The van der Waals surface area contributed by atoms with Crippen LogP contribution in [0.2, 0.25) is 0 Å². The molecule has 1 aliphatic rings. The largest absolute Gasteiger partial charge is 0.333 e. The van der Waals surface area contributed by atoms with Crippen LogP contribution in [0, 0.1) is 12.8 Å². The van der Waals surface area contributed by atoms with E-state index in [9.17, 15) is 14.4 Å². The second-order valence-electron chi connectivity index (χ2n) is 7.73. The molecule has 1 fully saturated rings. The number of hydrogen-bond acceptors (Lipinski definition) is 4. The average molecular weight is 440 g/mol. The highest BCUT2D eigenvalue weighted by atomic mass is 32.2. The number of benzene rings is 2. The first-order valence-corrected chi connectivity index (χ1v) is 11.7. The standard InChI is InChI=1S/C24H29N3O3S/c1-4-13-26(16-22(28)25-21-8-6-5-7-17(21)2)24(30)18-14-23(29)27(15-18)19-9-11-20(31-3)12-10-19/h5-12,18H,4,13-16H2,1-3H3,(H,25,28). The van der Waals surface area contributed by atoms with Gasteiger partial charge in [0.15, 0.2) is 0 Å². The quantitative estimate of drug-likeness (QED) is 0.633. The Morgan fingerprint density at radius 1 is 1.16 bits per heavy atom. The highest BCUT2D eigenvalue weighted by molar-refractivity contribution is 7.98. The zero-order valence-electron chi connectivity index (χ0n) is 18.3. The highest BCUT2D eigenvalue weighted by Crippen LogP contribution is 2.28. The van der Waals surface area contributed by atoms with Gasteiger partial charge in [-0.15, -0.1) is 11.8 Å². The van der Waals surface area contributed by atoms with Crippen LogP contribution in [-0.2, 0) is 14.4 Å². The highest BCUT2D eigenvalue weighted by Gasteiger charge is 2.37. The van der Waals surface area contributed by atoms with Crippen LogP contribution in [0.15, 0.2) is 53.4 Å². The monoisotopic (exact) mass is 439 g/mol. The van der Waals surface area contributed by atoms with Crippen molar-refractivity contribution in [1.29, 1.82) is 0 Å². The van der Waals surface area contributed by atoms with E-state index in [2.05, 4.69) is 5.32 Å². The molecule has 6 nitrogen and oxygen atoms in total. The van der Waals surface area contributed by atoms with Crippen LogP contribution in [0.1, 0.15) is 25.3 Å². The molecule has 2 aromatic carbocycles. The first-order valence-electron chi connectivity index (χ1n) is 10.5. The van der Waals surface area contributed by atoms with E-state index in [1.54, 1.807) is 21.6 Å². The molecular weight excluding hydrogens is 410 g/mol. The minimum absolute atomic E-state index is 0.0197. The summed E-state index contributed by atoms with van der Waals surface area (Å²) in [5, 5.41) is 2.89. The maximum absolute atomic E-state index is 13.2. The van der Waals surface area contributed by atoms with Crippen LogP contribution < -0.4 is 10.2 Å². The van der Waals surface area contributed by atoms with Crippen molar-refractivity contribution in [3.8, 4) is 0 Å². The SMILES string of the molecule is CCCN(CC(=O)Nc1ccccc1C)C(=O)C1CC(=O)N(c2ccc(SC)cc2)C1. The third-order valence-electron chi connectivity index (χ3n) is 5.42. The molecule has 1 saturated heterocycles. The van der Waals surface area contributed by atoms with Crippen LogP contribution in [0.4, 0.5) is 11.4 Å². The molecule has 0 saturated carbocycles. The van der Waals surface area contributed by atoms with E-state index in [-0.39, 0.29) is 30.7 Å². The Kier molecular flexibility index (Phi) is 7.74. The number of carbonyl (C=O) groups excluding carboxylic acids is 3. The van der Waals surface area contributed by atoms with Gasteiger partial charge >= 0.3 is 0 Å². The number of thioether (sulfide) groups is 1. The molecule has 3 amide bonds. The van der Waals surface area contributed by atoms with E-state index in [4.69, 9.17) is 0 Å². The van der Waals surface area contributed by atoms with Gasteiger partial charge in [0.05, 0.1) is 12.5 Å². The van der Waals surface area contributed by atoms with E-state index in [0.717, 1.165) is 28.3 Å². The van der Waals surface area contributed by atoms with Gasteiger partial charge in [0.25, 0.3) is 0 Å². The Hall–Kier alpha value is -2.80. The molecule has 2 aromatic rings. The Morgan fingerprint density at radius 2 is 1.87 bits per heavy atom. The molecule has 0 bridgehead atoms. The summed E-state index contributed by atoms with van der Waals surface area (Å²) >= 11 is 1.64. The summed E-state index contributed by atoms with van der Waals surface area (Å²) in [6.45, 7) is 4.70. The predicted octanol–water partition coefficient (Wildman–Crippen LogP) is 3.95. The summed E-state index contributed by atoms with van der Waals surface area (Å²) in [4.78, 5) is 42.7. The number of anilines is 2. The lowest BCUT2D eigenvalue weighted by Crippen LogP contribution is -2.42. The molecule has 1 heterocycles. The average Bonchev–Trinajstić information content (AvgIpc) is 3.16. The third-order valence-corrected chi connectivity index (χ3v) is 6.16. The molecule has 164 valence electrons. The van der Waals surface area contributed by atoms with Gasteiger partial charge in [-0.3, -0.25) is 14.4 Å². The summed E-state index contributed by atoms with van der Waals surface area (Å²) in [5.74, 6) is -0.870. The van der Waals surface area contributed by atoms with E-state index in [1.807, 2.05) is 68.6 Å². The number of hydrogen-bond donors (Lipinski definition) is 1. The molecule has 0 aromatic heterocycles. The number of rotatable bonds is 8. The second kappa shape index (κ2) is 10.5. The van der Waals surface area contributed by atoms with Gasteiger partial charge in [-0.2, -0.15) is 0 Å². The van der Waals surface area contributed by atoms with E-state index >= 15 is 0 Å². The second-order valence-corrected chi connectivity index (χ2v) is 8.61. The topological polar surface area (TPSA) is 69.7 Å². The smallest absolute Gasteiger partial charge is 0.244 e. The normalized spacial score (nSPS) is 15.8. The Bertz CT molecular complexity index is 945. The number of para-hydroxylation sites is 1. The molecule has 1 atom stereocenters. The van der Waals surface area contributed by atoms with E-state index < -0.39 is 5.92 Å². The summed E-state index contributed by atoms with van der Waals surface area (Å²) in [7, 11) is 0. The fourth-order valence-corrected chi connectivity index (χ4v) is 4.16. The molecule has 1 N–H and O–H groups in total. The lowest BCUT2D eigenvalue weighted by atomic mass is 10.1. The summed E-state index contributed by atoms with van der Waals surface area (Å²) < 4.78 is 0. The van der Waals surface area contributed by atoms with Gasteiger partial charge in [0.1, 0.15) is 0 Å². The lowest BCUT2D eigenvalue weighted by molar-refractivity contribution is -0.138. The van der Waals surface area contributed by atoms with Crippen molar-refractivity contribution in [2.75, 3.05) is 36.1 Å². The predicted molar refractivity (Wildman–Crippen MR) is 125 cm³/mol. The van der Waals surface area contributed by atoms with Gasteiger partial charge in [0.2, 0.25) is 17.7 Å².